The van der Waals surface area contributed by atoms with Gasteiger partial charge in [-0.3, -0.25) is 0 Å². The third kappa shape index (κ3) is 11.0. The summed E-state index contributed by atoms with van der Waals surface area (Å²) < 4.78 is 0. The van der Waals surface area contributed by atoms with Gasteiger partial charge >= 0.3 is 37.7 Å². The molecule has 0 aliphatic heterocycles. The summed E-state index contributed by atoms with van der Waals surface area (Å²) in [7, 11) is 0. The first-order chi connectivity index (χ1) is 2.77. The summed E-state index contributed by atoms with van der Waals surface area (Å²) in [6, 6.07) is 0. The number of hydrogen-bond donors (Lipinski definition) is 0. The van der Waals surface area contributed by atoms with Crippen LogP contribution in [0.25, 0.3) is 0 Å². The predicted molar refractivity (Wildman–Crippen MR) is 24.4 cm³/mol. The van der Waals surface area contributed by atoms with E-state index >= 15 is 0 Å². The Balaban J connectivity index is 0. The summed E-state index contributed by atoms with van der Waals surface area (Å²) >= 11 is 0. The Kier molecular flexibility index (Phi) is 11.3. The van der Waals surface area contributed by atoms with Gasteiger partial charge < -0.3 is 10.2 Å². The molecular formula is C4H8CaO2. The van der Waals surface area contributed by atoms with Crippen LogP contribution in [-0.2, 0) is 0 Å². The number of rotatable bonds is 2. The summed E-state index contributed by atoms with van der Waals surface area (Å²) in [5, 5.41) is 19.1. The van der Waals surface area contributed by atoms with E-state index < -0.39 is 6.29 Å². The van der Waals surface area contributed by atoms with Crippen molar-refractivity contribution in [2.75, 3.05) is 0 Å². The molecule has 7 heavy (non-hydrogen) atoms. The summed E-state index contributed by atoms with van der Waals surface area (Å²) in [6.07, 6.45) is -0.632. The maximum absolute atomic E-state index is 9.57. The summed E-state index contributed by atoms with van der Waals surface area (Å²) in [5.74, 6) is 0. The van der Waals surface area contributed by atoms with Crippen molar-refractivity contribution in [2.45, 2.75) is 26.1 Å². The Hall–Kier alpha value is 1.18. The fourth-order valence-electron chi connectivity index (χ4n) is 0.236. The fourth-order valence-corrected chi connectivity index (χ4v) is 0.236. The zero-order valence-corrected chi connectivity index (χ0v) is 6.72. The van der Waals surface area contributed by atoms with Crippen molar-refractivity contribution in [1.82, 2.24) is 0 Å². The minimum Gasteiger partial charge on any atom is -0.865 e. The van der Waals surface area contributed by atoms with Gasteiger partial charge in [-0.05, 0) is 0 Å². The van der Waals surface area contributed by atoms with Crippen LogP contribution in [0.15, 0.2) is 0 Å². The molecule has 0 spiro atoms. The maximum atomic E-state index is 9.57. The van der Waals surface area contributed by atoms with Crippen molar-refractivity contribution < 1.29 is 10.2 Å². The van der Waals surface area contributed by atoms with Crippen molar-refractivity contribution in [2.24, 2.45) is 0 Å². The predicted octanol–water partition coefficient (Wildman–Crippen LogP) is -1.55. The van der Waals surface area contributed by atoms with Crippen molar-refractivity contribution in [3.63, 3.8) is 0 Å². The van der Waals surface area contributed by atoms with Gasteiger partial charge in [0, 0.05) is 0 Å². The van der Waals surface area contributed by atoms with Gasteiger partial charge in [-0.2, -0.15) is 0 Å². The Bertz CT molecular complexity index is 30.9. The fraction of sp³-hybridized carbons (Fsp3) is 1.00. The molecule has 0 heterocycles. The molecule has 0 radical (unpaired) electrons. The smallest absolute Gasteiger partial charge is 0.865 e. The Morgan fingerprint density at radius 1 is 1.43 bits per heavy atom. The van der Waals surface area contributed by atoms with E-state index in [1.54, 1.807) is 0 Å². The molecule has 3 heteroatoms. The monoisotopic (exact) mass is 128 g/mol. The molecule has 0 aromatic rings. The molecule has 0 saturated carbocycles. The van der Waals surface area contributed by atoms with Crippen LogP contribution in [0.1, 0.15) is 19.8 Å². The van der Waals surface area contributed by atoms with Crippen LogP contribution in [0, 0.1) is 0 Å². The molecule has 0 bridgehead atoms. The molecule has 0 aliphatic carbocycles. The van der Waals surface area contributed by atoms with Crippen molar-refractivity contribution in [3.05, 3.63) is 0 Å². The third-order valence-electron chi connectivity index (χ3n) is 0.524. The first-order valence-corrected chi connectivity index (χ1v) is 2.09. The van der Waals surface area contributed by atoms with Crippen molar-refractivity contribution >= 4 is 37.7 Å². The minimum atomic E-state index is -1.60. The van der Waals surface area contributed by atoms with E-state index in [1.807, 2.05) is 6.92 Å². The molecule has 0 rings (SSSR count). The maximum Gasteiger partial charge on any atom is 2.00 e. The van der Waals surface area contributed by atoms with E-state index in [9.17, 15) is 10.2 Å². The summed E-state index contributed by atoms with van der Waals surface area (Å²) in [6.45, 7) is 1.82. The molecular weight excluding hydrogens is 120 g/mol. The molecule has 0 N–H and O–H groups in total. The van der Waals surface area contributed by atoms with Crippen molar-refractivity contribution in [1.29, 1.82) is 0 Å². The Morgan fingerprint density at radius 3 is 1.86 bits per heavy atom. The van der Waals surface area contributed by atoms with Gasteiger partial charge in [0.2, 0.25) is 0 Å². The van der Waals surface area contributed by atoms with Gasteiger partial charge in [-0.25, -0.2) is 6.29 Å². The molecule has 0 unspecified atom stereocenters. The molecule has 0 aliphatic rings. The summed E-state index contributed by atoms with van der Waals surface area (Å²) in [4.78, 5) is 0. The zero-order valence-electron chi connectivity index (χ0n) is 4.52. The molecule has 0 aromatic heterocycles. The van der Waals surface area contributed by atoms with Crippen LogP contribution >= 0.6 is 0 Å². The summed E-state index contributed by atoms with van der Waals surface area (Å²) in [5.41, 5.74) is 0. The second-order valence-corrected chi connectivity index (χ2v) is 1.22. The zero-order chi connectivity index (χ0) is 4.99. The van der Waals surface area contributed by atoms with E-state index in [2.05, 4.69) is 0 Å². The second-order valence-electron chi connectivity index (χ2n) is 1.22. The van der Waals surface area contributed by atoms with Crippen LogP contribution in [-0.4, -0.2) is 44.0 Å². The Labute approximate surface area is 73.5 Å². The van der Waals surface area contributed by atoms with E-state index in [-0.39, 0.29) is 44.2 Å². The van der Waals surface area contributed by atoms with Crippen LogP contribution in [0.3, 0.4) is 0 Å². The third-order valence-corrected chi connectivity index (χ3v) is 0.524. The molecule has 0 fully saturated rings. The van der Waals surface area contributed by atoms with E-state index in [0.717, 1.165) is 0 Å². The molecule has 0 amide bonds. The van der Waals surface area contributed by atoms with Crippen LogP contribution in [0.4, 0.5) is 0 Å². The first-order valence-electron chi connectivity index (χ1n) is 2.09. The SMILES string of the molecule is CCCC([O-])[O-].[Ca+2]. The van der Waals surface area contributed by atoms with Gasteiger partial charge in [-0.1, -0.05) is 19.8 Å². The topological polar surface area (TPSA) is 46.1 Å². The van der Waals surface area contributed by atoms with Gasteiger partial charge in [-0.15, -0.1) is 0 Å². The van der Waals surface area contributed by atoms with Crippen LogP contribution in [0.5, 0.6) is 0 Å². The first kappa shape index (κ1) is 11.0. The van der Waals surface area contributed by atoms with Gasteiger partial charge in [0.05, 0.1) is 0 Å². The van der Waals surface area contributed by atoms with Gasteiger partial charge in [0.15, 0.2) is 0 Å². The van der Waals surface area contributed by atoms with Gasteiger partial charge in [0.25, 0.3) is 0 Å². The van der Waals surface area contributed by atoms with E-state index in [0.29, 0.717) is 6.42 Å². The standard InChI is InChI=1S/C4H8O2.Ca/c1-2-3-4(5)6;/h4H,2-3H2,1H3;/q-2;+2. The van der Waals surface area contributed by atoms with Crippen LogP contribution < -0.4 is 10.2 Å². The molecule has 2 nitrogen and oxygen atoms in total. The molecule has 38 valence electrons. The quantitative estimate of drug-likeness (QED) is 0.334. The average Bonchev–Trinajstić information content (AvgIpc) is 1.35. The largest absolute Gasteiger partial charge is 2.00 e. The van der Waals surface area contributed by atoms with Gasteiger partial charge in [0.1, 0.15) is 0 Å². The van der Waals surface area contributed by atoms with E-state index in [4.69, 9.17) is 0 Å². The second kappa shape index (κ2) is 7.18. The number of hydrogen-bond acceptors (Lipinski definition) is 2. The molecule has 0 aromatic carbocycles. The molecule has 0 saturated heterocycles. The average molecular weight is 128 g/mol. The van der Waals surface area contributed by atoms with Crippen molar-refractivity contribution in [3.8, 4) is 0 Å². The normalized spacial score (nSPS) is 8.57. The van der Waals surface area contributed by atoms with E-state index in [1.165, 1.54) is 0 Å². The Morgan fingerprint density at radius 2 is 1.86 bits per heavy atom. The minimum absolute atomic E-state index is 0. The molecule has 0 atom stereocenters. The van der Waals surface area contributed by atoms with Crippen LogP contribution in [0.2, 0.25) is 0 Å².